The maximum Gasteiger partial charge on any atom is 0.125 e. The lowest BCUT2D eigenvalue weighted by Crippen LogP contribution is -2.27. The number of rotatable bonds is 4. The predicted molar refractivity (Wildman–Crippen MR) is 80.9 cm³/mol. The molecule has 18 heavy (non-hydrogen) atoms. The van der Waals surface area contributed by atoms with Gasteiger partial charge in [-0.05, 0) is 56.1 Å². The lowest BCUT2D eigenvalue weighted by Gasteiger charge is -2.28. The summed E-state index contributed by atoms with van der Waals surface area (Å²) in [4.78, 5) is 0. The molecule has 1 aliphatic rings. The van der Waals surface area contributed by atoms with Crippen molar-refractivity contribution in [3.8, 4) is 5.75 Å². The van der Waals surface area contributed by atoms with E-state index in [4.69, 9.17) is 4.74 Å². The van der Waals surface area contributed by atoms with Crippen LogP contribution in [0.25, 0.3) is 0 Å². The first-order valence-corrected chi connectivity index (χ1v) is 7.52. The normalized spacial score (nSPS) is 18.0. The standard InChI is InChI=1S/C16H24OS/c1-12-6-7-13(2)15(14(12)3)17-10-16(11-18)8-4-5-9-16/h6-7,18H,4-5,8-11H2,1-3H3. The summed E-state index contributed by atoms with van der Waals surface area (Å²) in [6.07, 6.45) is 5.19. The molecule has 1 fully saturated rings. The largest absolute Gasteiger partial charge is 0.492 e. The summed E-state index contributed by atoms with van der Waals surface area (Å²) in [6.45, 7) is 7.25. The Kier molecular flexibility index (Phi) is 4.26. The Morgan fingerprint density at radius 2 is 1.72 bits per heavy atom. The van der Waals surface area contributed by atoms with Crippen LogP contribution in [0, 0.1) is 26.2 Å². The minimum atomic E-state index is 0.311. The summed E-state index contributed by atoms with van der Waals surface area (Å²) < 4.78 is 6.18. The van der Waals surface area contributed by atoms with Gasteiger partial charge < -0.3 is 4.74 Å². The Hall–Kier alpha value is -0.630. The van der Waals surface area contributed by atoms with E-state index >= 15 is 0 Å². The maximum absolute atomic E-state index is 6.18. The van der Waals surface area contributed by atoms with Crippen LogP contribution >= 0.6 is 12.6 Å². The Morgan fingerprint density at radius 1 is 1.11 bits per heavy atom. The molecular weight excluding hydrogens is 240 g/mol. The second kappa shape index (κ2) is 5.56. The fourth-order valence-corrected chi connectivity index (χ4v) is 3.25. The van der Waals surface area contributed by atoms with Gasteiger partial charge in [-0.3, -0.25) is 0 Å². The molecule has 1 aromatic carbocycles. The van der Waals surface area contributed by atoms with E-state index < -0.39 is 0 Å². The van der Waals surface area contributed by atoms with Crippen molar-refractivity contribution in [2.75, 3.05) is 12.4 Å². The van der Waals surface area contributed by atoms with Crippen LogP contribution in [-0.2, 0) is 0 Å². The van der Waals surface area contributed by atoms with Crippen LogP contribution in [0.5, 0.6) is 5.75 Å². The third kappa shape index (κ3) is 2.69. The van der Waals surface area contributed by atoms with E-state index in [9.17, 15) is 0 Å². The molecule has 0 unspecified atom stereocenters. The van der Waals surface area contributed by atoms with E-state index in [1.54, 1.807) is 0 Å². The lowest BCUT2D eigenvalue weighted by molar-refractivity contribution is 0.171. The number of ether oxygens (including phenoxy) is 1. The molecule has 0 aliphatic heterocycles. The summed E-state index contributed by atoms with van der Waals surface area (Å²) in [7, 11) is 0. The highest BCUT2D eigenvalue weighted by Gasteiger charge is 2.33. The molecule has 0 aromatic heterocycles. The van der Waals surface area contributed by atoms with Gasteiger partial charge in [-0.25, -0.2) is 0 Å². The van der Waals surface area contributed by atoms with Crippen molar-refractivity contribution in [1.82, 2.24) is 0 Å². The van der Waals surface area contributed by atoms with Gasteiger partial charge in [-0.15, -0.1) is 0 Å². The van der Waals surface area contributed by atoms with Crippen LogP contribution in [0.1, 0.15) is 42.4 Å². The van der Waals surface area contributed by atoms with Gasteiger partial charge in [0.15, 0.2) is 0 Å². The third-order valence-corrected chi connectivity index (χ3v) is 5.07. The second-order valence-electron chi connectivity index (χ2n) is 5.81. The van der Waals surface area contributed by atoms with E-state index in [0.29, 0.717) is 5.41 Å². The molecule has 100 valence electrons. The molecular formula is C16H24OS. The molecule has 0 saturated heterocycles. The Balaban J connectivity index is 2.12. The van der Waals surface area contributed by atoms with Crippen LogP contribution in [-0.4, -0.2) is 12.4 Å². The highest BCUT2D eigenvalue weighted by Crippen LogP contribution is 2.40. The summed E-state index contributed by atoms with van der Waals surface area (Å²) >= 11 is 4.54. The Morgan fingerprint density at radius 3 is 2.33 bits per heavy atom. The minimum absolute atomic E-state index is 0.311. The number of hydrogen-bond donors (Lipinski definition) is 1. The number of aryl methyl sites for hydroxylation is 2. The molecule has 1 saturated carbocycles. The Labute approximate surface area is 116 Å². The molecule has 0 heterocycles. The second-order valence-corrected chi connectivity index (χ2v) is 6.12. The smallest absolute Gasteiger partial charge is 0.125 e. The maximum atomic E-state index is 6.18. The minimum Gasteiger partial charge on any atom is -0.492 e. The van der Waals surface area contributed by atoms with Crippen molar-refractivity contribution >= 4 is 12.6 Å². The molecule has 2 heteroatoms. The van der Waals surface area contributed by atoms with Gasteiger partial charge >= 0.3 is 0 Å². The molecule has 0 N–H and O–H groups in total. The zero-order valence-electron chi connectivity index (χ0n) is 11.8. The van der Waals surface area contributed by atoms with Crippen LogP contribution in [0.3, 0.4) is 0 Å². The lowest BCUT2D eigenvalue weighted by atomic mass is 9.89. The highest BCUT2D eigenvalue weighted by molar-refractivity contribution is 7.80. The predicted octanol–water partition coefficient (Wildman–Crippen LogP) is 4.48. The van der Waals surface area contributed by atoms with Crippen molar-refractivity contribution in [2.24, 2.45) is 5.41 Å². The van der Waals surface area contributed by atoms with E-state index in [-0.39, 0.29) is 0 Å². The zero-order chi connectivity index (χ0) is 13.2. The van der Waals surface area contributed by atoms with Gasteiger partial charge in [0.25, 0.3) is 0 Å². The molecule has 0 spiro atoms. The average Bonchev–Trinajstić information content (AvgIpc) is 2.84. The summed E-state index contributed by atoms with van der Waals surface area (Å²) in [5, 5.41) is 0. The molecule has 0 atom stereocenters. The van der Waals surface area contributed by atoms with Crippen molar-refractivity contribution in [1.29, 1.82) is 0 Å². The quantitative estimate of drug-likeness (QED) is 0.789. The molecule has 1 nitrogen and oxygen atoms in total. The van der Waals surface area contributed by atoms with E-state index in [1.165, 1.54) is 42.4 Å². The van der Waals surface area contributed by atoms with Crippen molar-refractivity contribution in [3.05, 3.63) is 28.8 Å². The molecule has 0 amide bonds. The van der Waals surface area contributed by atoms with Crippen molar-refractivity contribution in [2.45, 2.75) is 46.5 Å². The van der Waals surface area contributed by atoms with Crippen LogP contribution in [0.2, 0.25) is 0 Å². The summed E-state index contributed by atoms with van der Waals surface area (Å²) in [5.74, 6) is 2.03. The van der Waals surface area contributed by atoms with Gasteiger partial charge in [0.2, 0.25) is 0 Å². The average molecular weight is 264 g/mol. The number of hydrogen-bond acceptors (Lipinski definition) is 2. The fourth-order valence-electron chi connectivity index (χ4n) is 2.85. The van der Waals surface area contributed by atoms with E-state index in [2.05, 4.69) is 45.5 Å². The molecule has 2 rings (SSSR count). The topological polar surface area (TPSA) is 9.23 Å². The SMILES string of the molecule is Cc1ccc(C)c(OCC2(CS)CCCC2)c1C. The van der Waals surface area contributed by atoms with Gasteiger partial charge in [-0.1, -0.05) is 25.0 Å². The monoisotopic (exact) mass is 264 g/mol. The first kappa shape index (κ1) is 13.8. The van der Waals surface area contributed by atoms with Crippen LogP contribution < -0.4 is 4.74 Å². The molecule has 1 aromatic rings. The number of thiol groups is 1. The van der Waals surface area contributed by atoms with E-state index in [1.807, 2.05) is 0 Å². The van der Waals surface area contributed by atoms with Crippen molar-refractivity contribution < 1.29 is 4.74 Å². The fraction of sp³-hybridized carbons (Fsp3) is 0.625. The third-order valence-electron chi connectivity index (χ3n) is 4.40. The summed E-state index contributed by atoms with van der Waals surface area (Å²) in [5.41, 5.74) is 4.14. The van der Waals surface area contributed by atoms with Gasteiger partial charge in [-0.2, -0.15) is 12.6 Å². The van der Waals surface area contributed by atoms with Crippen molar-refractivity contribution in [3.63, 3.8) is 0 Å². The van der Waals surface area contributed by atoms with Crippen LogP contribution in [0.15, 0.2) is 12.1 Å². The number of benzene rings is 1. The van der Waals surface area contributed by atoms with Gasteiger partial charge in [0.05, 0.1) is 6.61 Å². The first-order chi connectivity index (χ1) is 8.58. The van der Waals surface area contributed by atoms with Gasteiger partial charge in [0.1, 0.15) is 5.75 Å². The first-order valence-electron chi connectivity index (χ1n) is 6.88. The van der Waals surface area contributed by atoms with Crippen LogP contribution in [0.4, 0.5) is 0 Å². The zero-order valence-corrected chi connectivity index (χ0v) is 12.6. The molecule has 1 aliphatic carbocycles. The van der Waals surface area contributed by atoms with E-state index in [0.717, 1.165) is 18.1 Å². The Bertz CT molecular complexity index is 419. The highest BCUT2D eigenvalue weighted by atomic mass is 32.1. The summed E-state index contributed by atoms with van der Waals surface area (Å²) in [6, 6.07) is 4.32. The molecule has 0 radical (unpaired) electrons. The van der Waals surface area contributed by atoms with Gasteiger partial charge in [0, 0.05) is 5.41 Å². The molecule has 0 bridgehead atoms.